The summed E-state index contributed by atoms with van der Waals surface area (Å²) in [4.78, 5) is 11.9. The van der Waals surface area contributed by atoms with Crippen molar-refractivity contribution in [2.75, 3.05) is 0 Å². The van der Waals surface area contributed by atoms with Crippen molar-refractivity contribution in [3.05, 3.63) is 48.6 Å². The number of carbonyl (C=O) groups is 1. The van der Waals surface area contributed by atoms with Crippen LogP contribution in [0.15, 0.2) is 43.0 Å². The van der Waals surface area contributed by atoms with Gasteiger partial charge in [0.25, 0.3) is 0 Å². The zero-order chi connectivity index (χ0) is 12.7. The highest BCUT2D eigenvalue weighted by molar-refractivity contribution is 5.86. The van der Waals surface area contributed by atoms with E-state index in [0.29, 0.717) is 6.42 Å². The molecule has 2 unspecified atom stereocenters. The van der Waals surface area contributed by atoms with Crippen molar-refractivity contribution >= 4 is 5.91 Å². The monoisotopic (exact) mass is 228 g/mol. The summed E-state index contributed by atoms with van der Waals surface area (Å²) in [6.07, 6.45) is 2.44. The third kappa shape index (κ3) is 3.76. The summed E-state index contributed by atoms with van der Waals surface area (Å²) < 4.78 is 0. The summed E-state index contributed by atoms with van der Waals surface area (Å²) in [5, 5.41) is 11.9. The highest BCUT2D eigenvalue weighted by Crippen LogP contribution is 2.14. The molecule has 0 radical (unpaired) electrons. The van der Waals surface area contributed by atoms with Crippen LogP contribution in [0.5, 0.6) is 0 Å². The minimum Gasteiger partial charge on any atom is -0.352 e. The predicted molar refractivity (Wildman–Crippen MR) is 67.2 cm³/mol. The minimum atomic E-state index is -0.747. The Bertz CT molecular complexity index is 420. The molecule has 0 bridgehead atoms. The van der Waals surface area contributed by atoms with Crippen molar-refractivity contribution in [3.63, 3.8) is 0 Å². The van der Waals surface area contributed by atoms with Gasteiger partial charge in [-0.1, -0.05) is 36.4 Å². The van der Waals surface area contributed by atoms with Gasteiger partial charge in [0.05, 0.1) is 6.07 Å². The van der Waals surface area contributed by atoms with Crippen LogP contribution in [-0.2, 0) is 4.79 Å². The molecule has 0 saturated heterocycles. The Morgan fingerprint density at radius 1 is 1.53 bits per heavy atom. The van der Waals surface area contributed by atoms with E-state index < -0.39 is 5.92 Å². The molecule has 0 saturated carbocycles. The summed E-state index contributed by atoms with van der Waals surface area (Å²) in [7, 11) is 0. The maximum Gasteiger partial charge on any atom is 0.242 e. The van der Waals surface area contributed by atoms with Crippen LogP contribution < -0.4 is 5.32 Å². The fourth-order valence-corrected chi connectivity index (χ4v) is 1.57. The molecule has 3 heteroatoms. The molecule has 88 valence electrons. The topological polar surface area (TPSA) is 52.9 Å². The second-order valence-electron chi connectivity index (χ2n) is 3.91. The lowest BCUT2D eigenvalue weighted by Crippen LogP contribution is -2.35. The van der Waals surface area contributed by atoms with E-state index in [4.69, 9.17) is 5.26 Å². The average Bonchev–Trinajstić information content (AvgIpc) is 2.31. The van der Waals surface area contributed by atoms with Crippen LogP contribution in [0.3, 0.4) is 0 Å². The molecule has 17 heavy (non-hydrogen) atoms. The SMILES string of the molecule is C=CCC(C)NC(=O)C(C#N)c1ccccc1. The molecule has 1 aromatic rings. The second-order valence-corrected chi connectivity index (χ2v) is 3.91. The molecule has 0 aromatic heterocycles. The van der Waals surface area contributed by atoms with Crippen LogP contribution in [0.25, 0.3) is 0 Å². The third-order valence-corrected chi connectivity index (χ3v) is 2.43. The molecule has 1 amide bonds. The Kier molecular flexibility index (Phi) is 4.96. The molecule has 0 fully saturated rings. The van der Waals surface area contributed by atoms with Gasteiger partial charge in [-0.25, -0.2) is 0 Å². The third-order valence-electron chi connectivity index (χ3n) is 2.43. The minimum absolute atomic E-state index is 0.000405. The molecular formula is C14H16N2O. The zero-order valence-corrected chi connectivity index (χ0v) is 9.89. The number of amides is 1. The summed E-state index contributed by atoms with van der Waals surface area (Å²) >= 11 is 0. The van der Waals surface area contributed by atoms with Crippen molar-refractivity contribution in [1.29, 1.82) is 5.26 Å². The molecular weight excluding hydrogens is 212 g/mol. The van der Waals surface area contributed by atoms with Crippen LogP contribution >= 0.6 is 0 Å². The van der Waals surface area contributed by atoms with E-state index in [0.717, 1.165) is 5.56 Å². The summed E-state index contributed by atoms with van der Waals surface area (Å²) in [6.45, 7) is 5.50. The number of nitriles is 1. The van der Waals surface area contributed by atoms with E-state index >= 15 is 0 Å². The van der Waals surface area contributed by atoms with Gasteiger partial charge < -0.3 is 5.32 Å². The van der Waals surface area contributed by atoms with Crippen molar-refractivity contribution in [1.82, 2.24) is 5.32 Å². The standard InChI is InChI=1S/C14H16N2O/c1-3-7-11(2)16-14(17)13(10-15)12-8-5-4-6-9-12/h3-6,8-9,11,13H,1,7H2,2H3,(H,16,17). The lowest BCUT2D eigenvalue weighted by Gasteiger charge is -2.15. The molecule has 0 aliphatic rings. The Morgan fingerprint density at radius 3 is 2.71 bits per heavy atom. The maximum absolute atomic E-state index is 11.9. The molecule has 3 nitrogen and oxygen atoms in total. The lowest BCUT2D eigenvalue weighted by atomic mass is 9.99. The number of carbonyl (C=O) groups excluding carboxylic acids is 1. The zero-order valence-electron chi connectivity index (χ0n) is 9.89. The normalized spacial score (nSPS) is 13.2. The molecule has 1 aromatic carbocycles. The van der Waals surface area contributed by atoms with Crippen molar-refractivity contribution in [2.45, 2.75) is 25.3 Å². The van der Waals surface area contributed by atoms with E-state index in [1.807, 2.05) is 31.2 Å². The summed E-state index contributed by atoms with van der Waals surface area (Å²) in [5.41, 5.74) is 0.721. The van der Waals surface area contributed by atoms with Gasteiger partial charge in [0, 0.05) is 6.04 Å². The van der Waals surface area contributed by atoms with Crippen molar-refractivity contribution < 1.29 is 4.79 Å². The number of nitrogens with one attached hydrogen (secondary N) is 1. The highest BCUT2D eigenvalue weighted by Gasteiger charge is 2.20. The number of rotatable bonds is 5. The van der Waals surface area contributed by atoms with E-state index in [2.05, 4.69) is 11.9 Å². The van der Waals surface area contributed by atoms with E-state index in [-0.39, 0.29) is 11.9 Å². The van der Waals surface area contributed by atoms with Crippen LogP contribution in [0.4, 0.5) is 0 Å². The van der Waals surface area contributed by atoms with Crippen LogP contribution in [0.2, 0.25) is 0 Å². The molecule has 1 rings (SSSR count). The van der Waals surface area contributed by atoms with E-state index in [9.17, 15) is 4.79 Å². The highest BCUT2D eigenvalue weighted by atomic mass is 16.1. The second kappa shape index (κ2) is 6.49. The quantitative estimate of drug-likeness (QED) is 0.787. The first-order valence-corrected chi connectivity index (χ1v) is 5.55. The fraction of sp³-hybridized carbons (Fsp3) is 0.286. The fourth-order valence-electron chi connectivity index (χ4n) is 1.57. The van der Waals surface area contributed by atoms with Gasteiger partial charge in [-0.3, -0.25) is 4.79 Å². The maximum atomic E-state index is 11.9. The Balaban J connectivity index is 2.73. The first-order valence-electron chi connectivity index (χ1n) is 5.55. The van der Waals surface area contributed by atoms with Crippen LogP contribution in [0.1, 0.15) is 24.8 Å². The van der Waals surface area contributed by atoms with Gasteiger partial charge in [0.2, 0.25) is 5.91 Å². The molecule has 0 heterocycles. The smallest absolute Gasteiger partial charge is 0.242 e. The van der Waals surface area contributed by atoms with Gasteiger partial charge in [-0.2, -0.15) is 5.26 Å². The van der Waals surface area contributed by atoms with Gasteiger partial charge >= 0.3 is 0 Å². The Labute approximate surface area is 102 Å². The molecule has 1 N–H and O–H groups in total. The number of hydrogen-bond donors (Lipinski definition) is 1. The van der Waals surface area contributed by atoms with Crippen LogP contribution in [0, 0.1) is 11.3 Å². The van der Waals surface area contributed by atoms with Gasteiger partial charge in [0.15, 0.2) is 0 Å². The molecule has 0 spiro atoms. The molecule has 0 aliphatic carbocycles. The van der Waals surface area contributed by atoms with Crippen LogP contribution in [-0.4, -0.2) is 11.9 Å². The first-order chi connectivity index (χ1) is 8.19. The van der Waals surface area contributed by atoms with Crippen molar-refractivity contribution in [2.24, 2.45) is 0 Å². The van der Waals surface area contributed by atoms with Gasteiger partial charge in [-0.05, 0) is 18.9 Å². The van der Waals surface area contributed by atoms with Gasteiger partial charge in [-0.15, -0.1) is 6.58 Å². The van der Waals surface area contributed by atoms with Gasteiger partial charge in [0.1, 0.15) is 5.92 Å². The predicted octanol–water partition coefficient (Wildman–Crippen LogP) is 2.37. The average molecular weight is 228 g/mol. The largest absolute Gasteiger partial charge is 0.352 e. The molecule has 2 atom stereocenters. The van der Waals surface area contributed by atoms with E-state index in [1.54, 1.807) is 18.2 Å². The number of nitrogens with zero attached hydrogens (tertiary/aromatic N) is 1. The van der Waals surface area contributed by atoms with E-state index in [1.165, 1.54) is 0 Å². The van der Waals surface area contributed by atoms with Crippen molar-refractivity contribution in [3.8, 4) is 6.07 Å². The first kappa shape index (κ1) is 13.0. The summed E-state index contributed by atoms with van der Waals surface area (Å²) in [6, 6.07) is 11.1. The number of hydrogen-bond acceptors (Lipinski definition) is 2. The summed E-state index contributed by atoms with van der Waals surface area (Å²) in [5.74, 6) is -1.00. The number of benzene rings is 1. The molecule has 0 aliphatic heterocycles. The Hall–Kier alpha value is -2.08. The lowest BCUT2D eigenvalue weighted by molar-refractivity contribution is -0.121. The Morgan fingerprint density at radius 2 is 2.18 bits per heavy atom.